The van der Waals surface area contributed by atoms with Crippen LogP contribution in [0.5, 0.6) is 0 Å². The summed E-state index contributed by atoms with van der Waals surface area (Å²) in [5.41, 5.74) is 2.29. The van der Waals surface area contributed by atoms with Gasteiger partial charge in [0.15, 0.2) is 0 Å². The molecule has 27 heavy (non-hydrogen) atoms. The van der Waals surface area contributed by atoms with Crippen molar-refractivity contribution < 1.29 is 14.0 Å². The average Bonchev–Trinajstić information content (AvgIpc) is 2.70. The molecule has 3 aromatic carbocycles. The van der Waals surface area contributed by atoms with Gasteiger partial charge in [-0.15, -0.1) is 0 Å². The molecule has 0 spiro atoms. The molecule has 4 nitrogen and oxygen atoms in total. The number of amides is 2. The van der Waals surface area contributed by atoms with Crippen molar-refractivity contribution >= 4 is 17.5 Å². The molecule has 136 valence electrons. The van der Waals surface area contributed by atoms with E-state index >= 15 is 0 Å². The van der Waals surface area contributed by atoms with Crippen molar-refractivity contribution in [1.29, 1.82) is 0 Å². The minimum absolute atomic E-state index is 0.276. The number of anilines is 1. The van der Waals surface area contributed by atoms with Crippen LogP contribution in [0.25, 0.3) is 0 Å². The maximum Gasteiger partial charge on any atom is 0.255 e. The smallest absolute Gasteiger partial charge is 0.255 e. The van der Waals surface area contributed by atoms with E-state index < -0.39 is 0 Å². The Morgan fingerprint density at radius 3 is 2.19 bits per heavy atom. The number of rotatable bonds is 6. The quantitative estimate of drug-likeness (QED) is 0.695. The SMILES string of the molecule is O=C(Nc1ccccc1C(=O)NCCc1ccc(F)cc1)c1ccccc1. The van der Waals surface area contributed by atoms with Crippen LogP contribution in [0.3, 0.4) is 0 Å². The molecule has 0 saturated carbocycles. The van der Waals surface area contributed by atoms with Gasteiger partial charge in [0.05, 0.1) is 11.3 Å². The summed E-state index contributed by atoms with van der Waals surface area (Å²) in [5, 5.41) is 5.61. The molecule has 0 aliphatic heterocycles. The zero-order valence-corrected chi connectivity index (χ0v) is 14.6. The highest BCUT2D eigenvalue weighted by Gasteiger charge is 2.13. The van der Waals surface area contributed by atoms with Crippen LogP contribution < -0.4 is 10.6 Å². The van der Waals surface area contributed by atoms with E-state index in [1.165, 1.54) is 12.1 Å². The number of halogens is 1. The van der Waals surface area contributed by atoms with Gasteiger partial charge in [0, 0.05) is 12.1 Å². The van der Waals surface area contributed by atoms with Crippen LogP contribution in [0.4, 0.5) is 10.1 Å². The first-order chi connectivity index (χ1) is 13.1. The van der Waals surface area contributed by atoms with Crippen molar-refractivity contribution in [3.63, 3.8) is 0 Å². The molecule has 2 amide bonds. The van der Waals surface area contributed by atoms with Crippen LogP contribution in [0.15, 0.2) is 78.9 Å². The molecule has 5 heteroatoms. The summed E-state index contributed by atoms with van der Waals surface area (Å²) >= 11 is 0. The number of nitrogens with one attached hydrogen (secondary N) is 2. The Bertz CT molecular complexity index is 925. The Morgan fingerprint density at radius 2 is 1.44 bits per heavy atom. The average molecular weight is 362 g/mol. The molecule has 0 fully saturated rings. The summed E-state index contributed by atoms with van der Waals surface area (Å²) in [6, 6.07) is 21.8. The van der Waals surface area contributed by atoms with Crippen LogP contribution >= 0.6 is 0 Å². The fourth-order valence-electron chi connectivity index (χ4n) is 2.64. The molecule has 0 bridgehead atoms. The third-order valence-electron chi connectivity index (χ3n) is 4.07. The molecule has 0 heterocycles. The Hall–Kier alpha value is -3.47. The van der Waals surface area contributed by atoms with E-state index in [4.69, 9.17) is 0 Å². The van der Waals surface area contributed by atoms with E-state index in [1.54, 1.807) is 60.7 Å². The molecule has 0 saturated heterocycles. The Balaban J connectivity index is 1.63. The lowest BCUT2D eigenvalue weighted by Gasteiger charge is -2.11. The standard InChI is InChI=1S/C22H19FN2O2/c23-18-12-10-16(11-13-18)14-15-24-22(27)19-8-4-5-9-20(19)25-21(26)17-6-2-1-3-7-17/h1-13H,14-15H2,(H,24,27)(H,25,26). The zero-order chi connectivity index (χ0) is 19.1. The Morgan fingerprint density at radius 1 is 0.778 bits per heavy atom. The molecule has 0 atom stereocenters. The van der Waals surface area contributed by atoms with Crippen molar-refractivity contribution in [2.45, 2.75) is 6.42 Å². The first-order valence-electron chi connectivity index (χ1n) is 8.61. The number of hydrogen-bond acceptors (Lipinski definition) is 2. The first kappa shape index (κ1) is 18.3. The molecule has 0 aromatic heterocycles. The van der Waals surface area contributed by atoms with Gasteiger partial charge in [0.1, 0.15) is 5.82 Å². The number of hydrogen-bond donors (Lipinski definition) is 2. The van der Waals surface area contributed by atoms with E-state index in [9.17, 15) is 14.0 Å². The van der Waals surface area contributed by atoms with Crippen LogP contribution in [-0.2, 0) is 6.42 Å². The summed E-state index contributed by atoms with van der Waals surface area (Å²) in [7, 11) is 0. The number of carbonyl (C=O) groups is 2. The van der Waals surface area contributed by atoms with Gasteiger partial charge < -0.3 is 10.6 Å². The number of benzene rings is 3. The lowest BCUT2D eigenvalue weighted by atomic mass is 10.1. The Kier molecular flexibility index (Phi) is 5.94. The molecule has 3 rings (SSSR count). The Labute approximate surface area is 157 Å². The van der Waals surface area contributed by atoms with Crippen LogP contribution in [0, 0.1) is 5.82 Å². The fourth-order valence-corrected chi connectivity index (χ4v) is 2.64. The van der Waals surface area contributed by atoms with Gasteiger partial charge in [-0.2, -0.15) is 0 Å². The molecule has 0 radical (unpaired) electrons. The van der Waals surface area contributed by atoms with Crippen molar-refractivity contribution in [2.75, 3.05) is 11.9 Å². The minimum atomic E-state index is -0.286. The van der Waals surface area contributed by atoms with E-state index in [-0.39, 0.29) is 17.6 Å². The van der Waals surface area contributed by atoms with Gasteiger partial charge in [-0.3, -0.25) is 9.59 Å². The van der Waals surface area contributed by atoms with Crippen LogP contribution in [0.2, 0.25) is 0 Å². The second-order valence-electron chi connectivity index (χ2n) is 6.00. The molecule has 0 unspecified atom stereocenters. The highest BCUT2D eigenvalue weighted by atomic mass is 19.1. The third-order valence-corrected chi connectivity index (χ3v) is 4.07. The van der Waals surface area contributed by atoms with Gasteiger partial charge in [0.25, 0.3) is 11.8 Å². The van der Waals surface area contributed by atoms with Gasteiger partial charge in [0.2, 0.25) is 0 Å². The molecular formula is C22H19FN2O2. The van der Waals surface area contributed by atoms with Crippen molar-refractivity contribution in [2.24, 2.45) is 0 Å². The third kappa shape index (κ3) is 5.01. The molecule has 0 aliphatic rings. The molecular weight excluding hydrogens is 343 g/mol. The highest BCUT2D eigenvalue weighted by Crippen LogP contribution is 2.16. The predicted octanol–water partition coefficient (Wildman–Crippen LogP) is 4.05. The highest BCUT2D eigenvalue weighted by molar-refractivity contribution is 6.08. The maximum atomic E-state index is 12.9. The summed E-state index contributed by atoms with van der Waals surface area (Å²) < 4.78 is 12.9. The topological polar surface area (TPSA) is 58.2 Å². The van der Waals surface area contributed by atoms with E-state index in [0.29, 0.717) is 29.8 Å². The second-order valence-corrected chi connectivity index (χ2v) is 6.00. The van der Waals surface area contributed by atoms with E-state index in [0.717, 1.165) is 5.56 Å². The fraction of sp³-hybridized carbons (Fsp3) is 0.0909. The normalized spacial score (nSPS) is 10.3. The monoisotopic (exact) mass is 362 g/mol. The maximum absolute atomic E-state index is 12.9. The van der Waals surface area contributed by atoms with E-state index in [1.807, 2.05) is 6.07 Å². The van der Waals surface area contributed by atoms with Crippen molar-refractivity contribution in [3.05, 3.63) is 101 Å². The van der Waals surface area contributed by atoms with Crippen LogP contribution in [0.1, 0.15) is 26.3 Å². The largest absolute Gasteiger partial charge is 0.352 e. The summed E-state index contributed by atoms with van der Waals surface area (Å²) in [5.74, 6) is -0.839. The van der Waals surface area contributed by atoms with Gasteiger partial charge >= 0.3 is 0 Å². The number of carbonyl (C=O) groups excluding carboxylic acids is 2. The first-order valence-corrected chi connectivity index (χ1v) is 8.61. The number of para-hydroxylation sites is 1. The van der Waals surface area contributed by atoms with Crippen molar-refractivity contribution in [3.8, 4) is 0 Å². The predicted molar refractivity (Wildman–Crippen MR) is 103 cm³/mol. The zero-order valence-electron chi connectivity index (χ0n) is 14.6. The summed E-state index contributed by atoms with van der Waals surface area (Å²) in [4.78, 5) is 24.8. The summed E-state index contributed by atoms with van der Waals surface area (Å²) in [6.45, 7) is 0.408. The summed E-state index contributed by atoms with van der Waals surface area (Å²) in [6.07, 6.45) is 0.588. The van der Waals surface area contributed by atoms with Gasteiger partial charge in [-0.25, -0.2) is 4.39 Å². The van der Waals surface area contributed by atoms with Crippen LogP contribution in [-0.4, -0.2) is 18.4 Å². The van der Waals surface area contributed by atoms with E-state index in [2.05, 4.69) is 10.6 Å². The van der Waals surface area contributed by atoms with Gasteiger partial charge in [-0.05, 0) is 48.4 Å². The molecule has 2 N–H and O–H groups in total. The minimum Gasteiger partial charge on any atom is -0.352 e. The van der Waals surface area contributed by atoms with Crippen molar-refractivity contribution in [1.82, 2.24) is 5.32 Å². The second kappa shape index (κ2) is 8.76. The van der Waals surface area contributed by atoms with Gasteiger partial charge in [-0.1, -0.05) is 42.5 Å². The lowest BCUT2D eigenvalue weighted by molar-refractivity contribution is 0.0955. The molecule has 3 aromatic rings. The lowest BCUT2D eigenvalue weighted by Crippen LogP contribution is -2.27. The molecule has 0 aliphatic carbocycles.